The SMILES string of the molecule is CCOC(=O)/C=C/C(=O)NC(=O)Cc1ccc(C)cc1. The Bertz CT molecular complexity index is 517. The van der Waals surface area contributed by atoms with Gasteiger partial charge in [0.25, 0.3) is 5.91 Å². The zero-order chi connectivity index (χ0) is 15.0. The highest BCUT2D eigenvalue weighted by Gasteiger charge is 2.06. The number of benzene rings is 1. The number of hydrogen-bond donors (Lipinski definition) is 1. The number of amides is 2. The largest absolute Gasteiger partial charge is 0.463 e. The lowest BCUT2D eigenvalue weighted by Crippen LogP contribution is -2.30. The van der Waals surface area contributed by atoms with Crippen LogP contribution in [-0.4, -0.2) is 24.4 Å². The van der Waals surface area contributed by atoms with Crippen molar-refractivity contribution < 1.29 is 19.1 Å². The fourth-order valence-corrected chi connectivity index (χ4v) is 1.45. The first-order valence-corrected chi connectivity index (χ1v) is 6.25. The quantitative estimate of drug-likeness (QED) is 0.649. The molecule has 20 heavy (non-hydrogen) atoms. The van der Waals surface area contributed by atoms with E-state index in [1.165, 1.54) is 0 Å². The second kappa shape index (κ2) is 7.89. The van der Waals surface area contributed by atoms with Gasteiger partial charge < -0.3 is 4.74 Å². The Morgan fingerprint density at radius 2 is 1.80 bits per heavy atom. The van der Waals surface area contributed by atoms with Crippen molar-refractivity contribution in [3.63, 3.8) is 0 Å². The van der Waals surface area contributed by atoms with E-state index in [1.54, 1.807) is 6.92 Å². The van der Waals surface area contributed by atoms with Crippen LogP contribution in [0.3, 0.4) is 0 Å². The Balaban J connectivity index is 2.44. The van der Waals surface area contributed by atoms with Crippen molar-refractivity contribution in [1.29, 1.82) is 0 Å². The van der Waals surface area contributed by atoms with E-state index in [4.69, 9.17) is 0 Å². The molecule has 0 saturated heterocycles. The van der Waals surface area contributed by atoms with Crippen LogP contribution in [0.2, 0.25) is 0 Å². The third-order valence-electron chi connectivity index (χ3n) is 2.41. The normalized spacial score (nSPS) is 10.3. The van der Waals surface area contributed by atoms with Crippen molar-refractivity contribution in [1.82, 2.24) is 5.32 Å². The summed E-state index contributed by atoms with van der Waals surface area (Å²) in [6, 6.07) is 7.44. The highest BCUT2D eigenvalue weighted by molar-refractivity contribution is 6.03. The zero-order valence-electron chi connectivity index (χ0n) is 11.5. The van der Waals surface area contributed by atoms with Crippen molar-refractivity contribution >= 4 is 17.8 Å². The van der Waals surface area contributed by atoms with Crippen LogP contribution in [0.15, 0.2) is 36.4 Å². The first kappa shape index (κ1) is 15.6. The van der Waals surface area contributed by atoms with E-state index in [0.717, 1.165) is 23.3 Å². The maximum Gasteiger partial charge on any atom is 0.330 e. The molecule has 0 aliphatic heterocycles. The summed E-state index contributed by atoms with van der Waals surface area (Å²) in [6.07, 6.45) is 2.07. The van der Waals surface area contributed by atoms with Gasteiger partial charge >= 0.3 is 5.97 Å². The Kier molecular flexibility index (Phi) is 6.16. The number of imide groups is 1. The molecule has 0 atom stereocenters. The Labute approximate surface area is 117 Å². The number of aryl methyl sites for hydroxylation is 1. The molecule has 0 radical (unpaired) electrons. The summed E-state index contributed by atoms with van der Waals surface area (Å²) < 4.78 is 4.61. The minimum absolute atomic E-state index is 0.110. The Morgan fingerprint density at radius 1 is 1.15 bits per heavy atom. The molecule has 0 saturated carbocycles. The lowest BCUT2D eigenvalue weighted by Gasteiger charge is -2.02. The van der Waals surface area contributed by atoms with Crippen LogP contribution in [0.5, 0.6) is 0 Å². The second-order valence-electron chi connectivity index (χ2n) is 4.16. The Hall–Kier alpha value is -2.43. The lowest BCUT2D eigenvalue weighted by molar-refractivity contribution is -0.137. The first-order chi connectivity index (χ1) is 9.51. The highest BCUT2D eigenvalue weighted by Crippen LogP contribution is 2.03. The Morgan fingerprint density at radius 3 is 2.40 bits per heavy atom. The fourth-order valence-electron chi connectivity index (χ4n) is 1.45. The molecule has 0 aromatic heterocycles. The van der Waals surface area contributed by atoms with Crippen LogP contribution >= 0.6 is 0 Å². The molecule has 0 unspecified atom stereocenters. The molecular formula is C15H17NO4. The number of rotatable bonds is 5. The van der Waals surface area contributed by atoms with Crippen molar-refractivity contribution in [2.75, 3.05) is 6.61 Å². The van der Waals surface area contributed by atoms with Crippen molar-refractivity contribution in [3.05, 3.63) is 47.5 Å². The van der Waals surface area contributed by atoms with Crippen molar-refractivity contribution in [3.8, 4) is 0 Å². The van der Waals surface area contributed by atoms with Crippen LogP contribution in [0.4, 0.5) is 0 Å². The first-order valence-electron chi connectivity index (χ1n) is 6.25. The molecule has 0 bridgehead atoms. The van der Waals surface area contributed by atoms with Gasteiger partial charge in [0.15, 0.2) is 0 Å². The molecule has 1 aromatic rings. The monoisotopic (exact) mass is 275 g/mol. The highest BCUT2D eigenvalue weighted by atomic mass is 16.5. The van der Waals surface area contributed by atoms with Gasteiger partial charge in [0, 0.05) is 12.2 Å². The topological polar surface area (TPSA) is 72.5 Å². The molecule has 1 rings (SSSR count). The van der Waals surface area contributed by atoms with Crippen molar-refractivity contribution in [2.45, 2.75) is 20.3 Å². The minimum atomic E-state index is -0.643. The lowest BCUT2D eigenvalue weighted by atomic mass is 10.1. The van der Waals surface area contributed by atoms with E-state index in [0.29, 0.717) is 0 Å². The van der Waals surface area contributed by atoms with Crippen LogP contribution in [0, 0.1) is 6.92 Å². The van der Waals surface area contributed by atoms with Gasteiger partial charge in [0.1, 0.15) is 0 Å². The minimum Gasteiger partial charge on any atom is -0.463 e. The number of carbonyl (C=O) groups excluding carboxylic acids is 3. The van der Waals surface area contributed by atoms with Crippen LogP contribution < -0.4 is 5.32 Å². The summed E-state index contributed by atoms with van der Waals surface area (Å²) >= 11 is 0. The van der Waals surface area contributed by atoms with Gasteiger partial charge in [-0.15, -0.1) is 0 Å². The van der Waals surface area contributed by atoms with Gasteiger partial charge in [-0.05, 0) is 19.4 Å². The summed E-state index contributed by atoms with van der Waals surface area (Å²) in [5.74, 6) is -1.68. The van der Waals surface area contributed by atoms with E-state index in [-0.39, 0.29) is 13.0 Å². The van der Waals surface area contributed by atoms with Crippen LogP contribution in [0.1, 0.15) is 18.1 Å². The van der Waals surface area contributed by atoms with Crippen molar-refractivity contribution in [2.24, 2.45) is 0 Å². The molecule has 5 heteroatoms. The predicted octanol–water partition coefficient (Wildman–Crippen LogP) is 1.30. The number of esters is 1. The molecule has 5 nitrogen and oxygen atoms in total. The fraction of sp³-hybridized carbons (Fsp3) is 0.267. The molecule has 1 N–H and O–H groups in total. The maximum absolute atomic E-state index is 11.6. The standard InChI is InChI=1S/C15H17NO4/c1-3-20-15(19)9-8-13(17)16-14(18)10-12-6-4-11(2)5-7-12/h4-9H,3,10H2,1-2H3,(H,16,17,18)/b9-8+. The van der Waals surface area contributed by atoms with Gasteiger partial charge in [-0.2, -0.15) is 0 Å². The second-order valence-corrected chi connectivity index (χ2v) is 4.16. The third kappa shape index (κ3) is 5.95. The van der Waals surface area contributed by atoms with E-state index in [2.05, 4.69) is 10.1 Å². The molecule has 106 valence electrons. The van der Waals surface area contributed by atoms with Gasteiger partial charge in [0.05, 0.1) is 13.0 Å². The smallest absolute Gasteiger partial charge is 0.330 e. The molecule has 0 aliphatic carbocycles. The number of carbonyl (C=O) groups is 3. The molecule has 2 amide bonds. The average Bonchev–Trinajstić information content (AvgIpc) is 2.39. The maximum atomic E-state index is 11.6. The summed E-state index contributed by atoms with van der Waals surface area (Å²) in [7, 11) is 0. The third-order valence-corrected chi connectivity index (χ3v) is 2.41. The number of hydrogen-bond acceptors (Lipinski definition) is 4. The summed E-state index contributed by atoms with van der Waals surface area (Å²) in [4.78, 5) is 34.0. The van der Waals surface area contributed by atoms with Gasteiger partial charge in [0.2, 0.25) is 5.91 Å². The van der Waals surface area contributed by atoms with E-state index in [9.17, 15) is 14.4 Å². The molecular weight excluding hydrogens is 258 g/mol. The van der Waals surface area contributed by atoms with Crippen LogP contribution in [0.25, 0.3) is 0 Å². The molecule has 0 heterocycles. The average molecular weight is 275 g/mol. The number of ether oxygens (including phenoxy) is 1. The molecule has 0 fully saturated rings. The van der Waals surface area contributed by atoms with Gasteiger partial charge in [-0.3, -0.25) is 14.9 Å². The predicted molar refractivity (Wildman–Crippen MR) is 73.8 cm³/mol. The van der Waals surface area contributed by atoms with E-state index in [1.807, 2.05) is 31.2 Å². The molecule has 0 aliphatic rings. The van der Waals surface area contributed by atoms with Crippen LogP contribution in [-0.2, 0) is 25.5 Å². The van der Waals surface area contributed by atoms with Gasteiger partial charge in [-0.25, -0.2) is 4.79 Å². The van der Waals surface area contributed by atoms with Gasteiger partial charge in [-0.1, -0.05) is 29.8 Å². The molecule has 0 spiro atoms. The van der Waals surface area contributed by atoms with E-state index < -0.39 is 17.8 Å². The number of nitrogens with one attached hydrogen (secondary N) is 1. The summed E-state index contributed by atoms with van der Waals surface area (Å²) in [5.41, 5.74) is 1.91. The zero-order valence-corrected chi connectivity index (χ0v) is 11.5. The summed E-state index contributed by atoms with van der Waals surface area (Å²) in [6.45, 7) is 3.85. The van der Waals surface area contributed by atoms with E-state index >= 15 is 0 Å². The molecule has 1 aromatic carbocycles. The summed E-state index contributed by atoms with van der Waals surface area (Å²) in [5, 5.41) is 2.17.